The van der Waals surface area contributed by atoms with Gasteiger partial charge in [0.05, 0.1) is 6.21 Å². The number of benzene rings is 2. The van der Waals surface area contributed by atoms with Crippen LogP contribution in [0.5, 0.6) is 11.5 Å². The van der Waals surface area contributed by atoms with Gasteiger partial charge in [0.1, 0.15) is 11.5 Å². The van der Waals surface area contributed by atoms with Crippen molar-refractivity contribution in [2.75, 3.05) is 6.61 Å². The first kappa shape index (κ1) is 17.0. The van der Waals surface area contributed by atoms with E-state index in [0.29, 0.717) is 11.3 Å². The molecule has 2 N–H and O–H groups in total. The van der Waals surface area contributed by atoms with Crippen molar-refractivity contribution in [3.8, 4) is 11.5 Å². The van der Waals surface area contributed by atoms with Crippen LogP contribution in [0.4, 0.5) is 0 Å². The van der Waals surface area contributed by atoms with E-state index in [1.54, 1.807) is 25.1 Å². The normalized spacial score (nSPS) is 10.7. The number of hydrogen-bond acceptors (Lipinski definition) is 4. The van der Waals surface area contributed by atoms with Gasteiger partial charge in [-0.2, -0.15) is 5.10 Å². The Morgan fingerprint density at radius 1 is 1.30 bits per heavy atom. The van der Waals surface area contributed by atoms with Crippen LogP contribution in [-0.4, -0.2) is 23.8 Å². The molecular weight excluding hydrogens is 360 g/mol. The Morgan fingerprint density at radius 2 is 2.04 bits per heavy atom. The fourth-order valence-corrected chi connectivity index (χ4v) is 2.52. The molecular formula is C17H17BrN2O3. The number of halogens is 1. The summed E-state index contributed by atoms with van der Waals surface area (Å²) in [4.78, 5) is 11.7. The summed E-state index contributed by atoms with van der Waals surface area (Å²) in [5.41, 5.74) is 4.55. The largest absolute Gasteiger partial charge is 0.507 e. The molecule has 0 fully saturated rings. The van der Waals surface area contributed by atoms with Crippen molar-refractivity contribution in [1.29, 1.82) is 0 Å². The lowest BCUT2D eigenvalue weighted by Gasteiger charge is -2.07. The highest BCUT2D eigenvalue weighted by atomic mass is 79.9. The molecule has 2 aromatic rings. The standard InChI is InChI=1S/C17H17BrN2O3/c1-11-5-3-4-6-15(11)23-10-16(21)20-19-9-13-8-14(18)7-12(2)17(13)22/h3-9,22H,10H2,1-2H3,(H,20,21). The smallest absolute Gasteiger partial charge is 0.277 e. The van der Waals surface area contributed by atoms with Crippen LogP contribution in [0.1, 0.15) is 16.7 Å². The van der Waals surface area contributed by atoms with E-state index in [1.165, 1.54) is 6.21 Å². The lowest BCUT2D eigenvalue weighted by molar-refractivity contribution is -0.123. The van der Waals surface area contributed by atoms with Gasteiger partial charge in [-0.3, -0.25) is 4.79 Å². The second-order valence-electron chi connectivity index (χ2n) is 5.01. The minimum atomic E-state index is -0.379. The van der Waals surface area contributed by atoms with E-state index in [4.69, 9.17) is 4.74 Å². The summed E-state index contributed by atoms with van der Waals surface area (Å²) < 4.78 is 6.24. The Morgan fingerprint density at radius 3 is 2.78 bits per heavy atom. The number of hydrogen-bond donors (Lipinski definition) is 2. The van der Waals surface area contributed by atoms with Crippen LogP contribution in [0.25, 0.3) is 0 Å². The number of aryl methyl sites for hydroxylation is 2. The number of para-hydroxylation sites is 1. The Bertz CT molecular complexity index is 745. The van der Waals surface area contributed by atoms with Gasteiger partial charge in [-0.1, -0.05) is 34.1 Å². The molecule has 0 atom stereocenters. The molecule has 0 aromatic heterocycles. The van der Waals surface area contributed by atoms with E-state index >= 15 is 0 Å². The van der Waals surface area contributed by atoms with Gasteiger partial charge in [0, 0.05) is 10.0 Å². The topological polar surface area (TPSA) is 70.9 Å². The molecule has 2 rings (SSSR count). The van der Waals surface area contributed by atoms with Crippen LogP contribution < -0.4 is 10.2 Å². The Balaban J connectivity index is 1.91. The zero-order valence-electron chi connectivity index (χ0n) is 12.8. The highest BCUT2D eigenvalue weighted by Gasteiger charge is 2.05. The van der Waals surface area contributed by atoms with E-state index in [0.717, 1.165) is 15.6 Å². The molecule has 0 radical (unpaired) electrons. The van der Waals surface area contributed by atoms with Crippen LogP contribution in [0, 0.1) is 13.8 Å². The number of phenols is 1. The van der Waals surface area contributed by atoms with Gasteiger partial charge in [-0.05, 0) is 43.2 Å². The fourth-order valence-electron chi connectivity index (χ4n) is 1.93. The summed E-state index contributed by atoms with van der Waals surface area (Å²) in [5.74, 6) is 0.407. The second-order valence-corrected chi connectivity index (χ2v) is 5.92. The molecule has 0 unspecified atom stereocenters. The van der Waals surface area contributed by atoms with Gasteiger partial charge in [0.25, 0.3) is 5.91 Å². The van der Waals surface area contributed by atoms with E-state index in [2.05, 4.69) is 26.5 Å². The third kappa shape index (κ3) is 4.82. The average molecular weight is 377 g/mol. The molecule has 5 nitrogen and oxygen atoms in total. The summed E-state index contributed by atoms with van der Waals surface area (Å²) in [6.45, 7) is 3.56. The van der Waals surface area contributed by atoms with Crippen LogP contribution in [-0.2, 0) is 4.79 Å². The van der Waals surface area contributed by atoms with Crippen molar-refractivity contribution >= 4 is 28.1 Å². The number of hydrazone groups is 1. The van der Waals surface area contributed by atoms with Crippen LogP contribution in [0.2, 0.25) is 0 Å². The number of carbonyl (C=O) groups is 1. The van der Waals surface area contributed by atoms with Gasteiger partial charge in [-0.25, -0.2) is 5.43 Å². The number of rotatable bonds is 5. The van der Waals surface area contributed by atoms with E-state index in [-0.39, 0.29) is 18.3 Å². The fraction of sp³-hybridized carbons (Fsp3) is 0.176. The number of carbonyl (C=O) groups excluding carboxylic acids is 1. The maximum Gasteiger partial charge on any atom is 0.277 e. The van der Waals surface area contributed by atoms with Gasteiger partial charge in [0.15, 0.2) is 6.61 Å². The number of nitrogens with one attached hydrogen (secondary N) is 1. The predicted molar refractivity (Wildman–Crippen MR) is 93.0 cm³/mol. The van der Waals surface area contributed by atoms with Crippen molar-refractivity contribution in [3.05, 3.63) is 57.6 Å². The minimum absolute atomic E-state index is 0.127. The summed E-state index contributed by atoms with van der Waals surface area (Å²) in [6.07, 6.45) is 1.39. The maximum atomic E-state index is 11.7. The average Bonchev–Trinajstić information content (AvgIpc) is 2.51. The molecule has 0 saturated carbocycles. The van der Waals surface area contributed by atoms with Crippen molar-refractivity contribution in [2.45, 2.75) is 13.8 Å². The van der Waals surface area contributed by atoms with Crippen LogP contribution in [0.3, 0.4) is 0 Å². The first-order chi connectivity index (χ1) is 11.0. The van der Waals surface area contributed by atoms with E-state index < -0.39 is 0 Å². The molecule has 120 valence electrons. The van der Waals surface area contributed by atoms with Crippen molar-refractivity contribution in [2.24, 2.45) is 5.10 Å². The van der Waals surface area contributed by atoms with Gasteiger partial charge in [0.2, 0.25) is 0 Å². The zero-order valence-corrected chi connectivity index (χ0v) is 14.4. The van der Waals surface area contributed by atoms with Crippen LogP contribution >= 0.6 is 15.9 Å². The third-order valence-electron chi connectivity index (χ3n) is 3.14. The Kier molecular flexibility index (Phi) is 5.76. The Hall–Kier alpha value is -2.34. The number of nitrogens with zero attached hydrogens (tertiary/aromatic N) is 1. The summed E-state index contributed by atoms with van der Waals surface area (Å²) in [7, 11) is 0. The number of ether oxygens (including phenoxy) is 1. The molecule has 0 saturated heterocycles. The molecule has 0 aliphatic rings. The summed E-state index contributed by atoms with van der Waals surface area (Å²) in [6, 6.07) is 11.0. The number of phenolic OH excluding ortho intramolecular Hbond substituents is 1. The first-order valence-corrected chi connectivity index (χ1v) is 7.76. The predicted octanol–water partition coefficient (Wildman–Crippen LogP) is 3.30. The monoisotopic (exact) mass is 376 g/mol. The summed E-state index contributed by atoms with van der Waals surface area (Å²) in [5, 5.41) is 13.8. The number of aromatic hydroxyl groups is 1. The molecule has 2 aromatic carbocycles. The molecule has 0 aliphatic heterocycles. The summed E-state index contributed by atoms with van der Waals surface area (Å²) >= 11 is 3.35. The van der Waals surface area contributed by atoms with E-state index in [9.17, 15) is 9.90 Å². The third-order valence-corrected chi connectivity index (χ3v) is 3.60. The molecule has 0 bridgehead atoms. The highest BCUT2D eigenvalue weighted by Crippen LogP contribution is 2.25. The molecule has 1 amide bonds. The first-order valence-electron chi connectivity index (χ1n) is 6.97. The van der Waals surface area contributed by atoms with E-state index in [1.807, 2.05) is 25.1 Å². The zero-order chi connectivity index (χ0) is 16.8. The Labute approximate surface area is 143 Å². The molecule has 6 heteroatoms. The molecule has 23 heavy (non-hydrogen) atoms. The van der Waals surface area contributed by atoms with Gasteiger partial charge >= 0.3 is 0 Å². The van der Waals surface area contributed by atoms with Gasteiger partial charge < -0.3 is 9.84 Å². The lowest BCUT2D eigenvalue weighted by Crippen LogP contribution is -2.24. The van der Waals surface area contributed by atoms with Crippen molar-refractivity contribution in [3.63, 3.8) is 0 Å². The molecule has 0 aliphatic carbocycles. The SMILES string of the molecule is Cc1ccccc1OCC(=O)NN=Cc1cc(Br)cc(C)c1O. The quantitative estimate of drug-likeness (QED) is 0.621. The maximum absolute atomic E-state index is 11.7. The minimum Gasteiger partial charge on any atom is -0.507 e. The molecule has 0 spiro atoms. The highest BCUT2D eigenvalue weighted by molar-refractivity contribution is 9.10. The lowest BCUT2D eigenvalue weighted by atomic mass is 10.1. The molecule has 0 heterocycles. The van der Waals surface area contributed by atoms with Crippen LogP contribution in [0.15, 0.2) is 46.0 Å². The second kappa shape index (κ2) is 7.78. The number of amides is 1. The van der Waals surface area contributed by atoms with Gasteiger partial charge in [-0.15, -0.1) is 0 Å². The van der Waals surface area contributed by atoms with Crippen molar-refractivity contribution < 1.29 is 14.6 Å². The van der Waals surface area contributed by atoms with Crippen molar-refractivity contribution in [1.82, 2.24) is 5.43 Å².